The molecule has 2 aliphatic rings. The lowest BCUT2D eigenvalue weighted by atomic mass is 10.1. The molecule has 1 atom stereocenters. The first kappa shape index (κ1) is 11.9. The van der Waals surface area contributed by atoms with Crippen LogP contribution in [0.1, 0.15) is 12.8 Å². The van der Waals surface area contributed by atoms with E-state index in [2.05, 4.69) is 28.1 Å². The number of carbonyl (C=O) groups is 1. The Kier molecular flexibility index (Phi) is 3.43. The highest BCUT2D eigenvalue weighted by Crippen LogP contribution is 2.33. The minimum Gasteiger partial charge on any atom is -0.381 e. The van der Waals surface area contributed by atoms with Crippen LogP contribution in [0.25, 0.3) is 0 Å². The fourth-order valence-corrected chi connectivity index (χ4v) is 3.17. The number of piperidine rings is 1. The van der Waals surface area contributed by atoms with Crippen molar-refractivity contribution < 1.29 is 4.79 Å². The molecule has 96 valence electrons. The minimum atomic E-state index is 0.0870. The first-order valence-corrected chi connectivity index (χ1v) is 7.34. The summed E-state index contributed by atoms with van der Waals surface area (Å²) in [6.45, 7) is 2.13. The summed E-state index contributed by atoms with van der Waals surface area (Å²) in [6, 6.07) is 6.70. The van der Waals surface area contributed by atoms with Crippen LogP contribution in [0.2, 0.25) is 0 Å². The van der Waals surface area contributed by atoms with Gasteiger partial charge in [0.2, 0.25) is 5.91 Å². The minimum absolute atomic E-state index is 0.0870. The molecule has 3 rings (SSSR count). The maximum Gasteiger partial charge on any atom is 0.234 e. The van der Waals surface area contributed by atoms with Gasteiger partial charge in [0.15, 0.2) is 0 Å². The summed E-state index contributed by atoms with van der Waals surface area (Å²) in [6.07, 6.45) is 2.42. The lowest BCUT2D eigenvalue weighted by Gasteiger charge is -2.25. The molecule has 2 aliphatic heterocycles. The lowest BCUT2D eigenvalue weighted by Crippen LogP contribution is -2.38. The predicted octanol–water partition coefficient (Wildman–Crippen LogP) is 1.89. The smallest absolute Gasteiger partial charge is 0.234 e. The highest BCUT2D eigenvalue weighted by atomic mass is 32.2. The highest BCUT2D eigenvalue weighted by molar-refractivity contribution is 8.00. The molecule has 0 spiro atoms. The molecule has 0 radical (unpaired) electrons. The molecule has 0 aliphatic carbocycles. The zero-order valence-electron chi connectivity index (χ0n) is 10.2. The number of thioether (sulfide) groups is 1. The molecule has 1 amide bonds. The van der Waals surface area contributed by atoms with Crippen LogP contribution in [0.5, 0.6) is 0 Å². The van der Waals surface area contributed by atoms with Crippen LogP contribution in [0, 0.1) is 0 Å². The van der Waals surface area contributed by atoms with Gasteiger partial charge in [-0.3, -0.25) is 4.79 Å². The van der Waals surface area contributed by atoms with Crippen LogP contribution < -0.4 is 16.0 Å². The van der Waals surface area contributed by atoms with Crippen molar-refractivity contribution in [2.24, 2.45) is 0 Å². The Bertz CT molecular complexity index is 458. The number of hydrogen-bond donors (Lipinski definition) is 3. The number of carbonyl (C=O) groups excluding carboxylic acids is 1. The molecule has 0 bridgehead atoms. The average molecular weight is 263 g/mol. The number of nitrogens with one attached hydrogen (secondary N) is 3. The predicted molar refractivity (Wildman–Crippen MR) is 75.3 cm³/mol. The third-order valence-electron chi connectivity index (χ3n) is 3.28. The van der Waals surface area contributed by atoms with E-state index < -0.39 is 0 Å². The van der Waals surface area contributed by atoms with Gasteiger partial charge in [-0.15, -0.1) is 11.8 Å². The van der Waals surface area contributed by atoms with Crippen LogP contribution in [0.4, 0.5) is 11.4 Å². The van der Waals surface area contributed by atoms with Gasteiger partial charge in [-0.05, 0) is 37.6 Å². The molecule has 1 saturated heterocycles. The lowest BCUT2D eigenvalue weighted by molar-refractivity contribution is -0.113. The van der Waals surface area contributed by atoms with Gasteiger partial charge >= 0.3 is 0 Å². The standard InChI is InChI=1S/C13H17N3OS/c17-13-8-18-12-4-3-9(6-11(12)16-13)15-10-2-1-5-14-7-10/h3-4,6,10,14-15H,1-2,5,7-8H2,(H,16,17). The molecular weight excluding hydrogens is 246 g/mol. The van der Waals surface area contributed by atoms with Gasteiger partial charge in [0.05, 0.1) is 11.4 Å². The van der Waals surface area contributed by atoms with Crippen LogP contribution in [-0.2, 0) is 4.79 Å². The van der Waals surface area contributed by atoms with Crippen LogP contribution in [-0.4, -0.2) is 30.8 Å². The first-order chi connectivity index (χ1) is 8.81. The van der Waals surface area contributed by atoms with E-state index in [1.54, 1.807) is 11.8 Å². The second-order valence-corrected chi connectivity index (χ2v) is 5.75. The molecule has 0 aromatic heterocycles. The van der Waals surface area contributed by atoms with Gasteiger partial charge < -0.3 is 16.0 Å². The van der Waals surface area contributed by atoms with Crippen LogP contribution >= 0.6 is 11.8 Å². The fraction of sp³-hybridized carbons (Fsp3) is 0.462. The van der Waals surface area contributed by atoms with Gasteiger partial charge in [-0.2, -0.15) is 0 Å². The Morgan fingerprint density at radius 3 is 3.17 bits per heavy atom. The second kappa shape index (κ2) is 5.20. The Balaban J connectivity index is 1.73. The van der Waals surface area contributed by atoms with Crippen molar-refractivity contribution in [2.45, 2.75) is 23.8 Å². The highest BCUT2D eigenvalue weighted by Gasteiger charge is 2.17. The van der Waals surface area contributed by atoms with Crippen molar-refractivity contribution in [1.29, 1.82) is 0 Å². The molecule has 1 unspecified atom stereocenters. The topological polar surface area (TPSA) is 53.2 Å². The van der Waals surface area contributed by atoms with Crippen molar-refractivity contribution in [2.75, 3.05) is 29.5 Å². The Labute approximate surface area is 111 Å². The average Bonchev–Trinajstić information content (AvgIpc) is 2.39. The van der Waals surface area contributed by atoms with E-state index >= 15 is 0 Å². The molecule has 0 saturated carbocycles. The van der Waals surface area contributed by atoms with Gasteiger partial charge in [0, 0.05) is 23.2 Å². The third-order valence-corrected chi connectivity index (χ3v) is 4.35. The summed E-state index contributed by atoms with van der Waals surface area (Å²) < 4.78 is 0. The molecule has 1 fully saturated rings. The number of benzene rings is 1. The number of hydrogen-bond acceptors (Lipinski definition) is 4. The monoisotopic (exact) mass is 263 g/mol. The number of rotatable bonds is 2. The third kappa shape index (κ3) is 2.62. The van der Waals surface area contributed by atoms with Crippen molar-refractivity contribution in [1.82, 2.24) is 5.32 Å². The summed E-state index contributed by atoms with van der Waals surface area (Å²) in [5.74, 6) is 0.607. The molecular formula is C13H17N3OS. The van der Waals surface area contributed by atoms with Crippen molar-refractivity contribution in [3.05, 3.63) is 18.2 Å². The Morgan fingerprint density at radius 2 is 2.33 bits per heavy atom. The summed E-state index contributed by atoms with van der Waals surface area (Å²) in [5, 5.41) is 9.83. The zero-order valence-corrected chi connectivity index (χ0v) is 11.0. The van der Waals surface area contributed by atoms with E-state index in [0.29, 0.717) is 11.8 Å². The molecule has 1 aromatic carbocycles. The largest absolute Gasteiger partial charge is 0.381 e. The van der Waals surface area contributed by atoms with Gasteiger partial charge in [0.25, 0.3) is 0 Å². The molecule has 4 nitrogen and oxygen atoms in total. The summed E-state index contributed by atoms with van der Waals surface area (Å²) in [4.78, 5) is 12.5. The fourth-order valence-electron chi connectivity index (χ4n) is 2.38. The number of amides is 1. The Hall–Kier alpha value is -1.20. The van der Waals surface area contributed by atoms with Crippen molar-refractivity contribution in [3.8, 4) is 0 Å². The SMILES string of the molecule is O=C1CSc2ccc(NC3CCCNC3)cc2N1. The van der Waals surface area contributed by atoms with Crippen molar-refractivity contribution >= 4 is 29.0 Å². The summed E-state index contributed by atoms with van der Waals surface area (Å²) in [5.41, 5.74) is 2.02. The van der Waals surface area contributed by atoms with E-state index in [0.717, 1.165) is 29.4 Å². The molecule has 3 N–H and O–H groups in total. The van der Waals surface area contributed by atoms with Crippen LogP contribution in [0.3, 0.4) is 0 Å². The van der Waals surface area contributed by atoms with Gasteiger partial charge in [-0.1, -0.05) is 0 Å². The number of anilines is 2. The molecule has 2 heterocycles. The van der Waals surface area contributed by atoms with Crippen LogP contribution in [0.15, 0.2) is 23.1 Å². The van der Waals surface area contributed by atoms with Gasteiger partial charge in [0.1, 0.15) is 0 Å². The second-order valence-electron chi connectivity index (χ2n) is 4.74. The maximum absolute atomic E-state index is 11.4. The zero-order chi connectivity index (χ0) is 12.4. The van der Waals surface area contributed by atoms with Crippen molar-refractivity contribution in [3.63, 3.8) is 0 Å². The molecule has 5 heteroatoms. The molecule has 1 aromatic rings. The van der Waals surface area contributed by atoms with Gasteiger partial charge in [-0.25, -0.2) is 0 Å². The van der Waals surface area contributed by atoms with E-state index in [9.17, 15) is 4.79 Å². The summed E-state index contributed by atoms with van der Waals surface area (Å²) in [7, 11) is 0. The first-order valence-electron chi connectivity index (χ1n) is 6.35. The maximum atomic E-state index is 11.4. The van der Waals surface area contributed by atoms with E-state index in [1.807, 2.05) is 6.07 Å². The quantitative estimate of drug-likeness (QED) is 0.763. The normalized spacial score (nSPS) is 23.1. The van der Waals surface area contributed by atoms with E-state index in [-0.39, 0.29) is 5.91 Å². The Morgan fingerprint density at radius 1 is 1.39 bits per heavy atom. The molecule has 18 heavy (non-hydrogen) atoms. The van der Waals surface area contributed by atoms with E-state index in [1.165, 1.54) is 12.8 Å². The number of fused-ring (bicyclic) bond motifs is 1. The summed E-state index contributed by atoms with van der Waals surface area (Å²) >= 11 is 1.60. The van der Waals surface area contributed by atoms with E-state index in [4.69, 9.17) is 0 Å².